The Morgan fingerprint density at radius 3 is 2.42 bits per heavy atom. The number of carbonyl (C=O) groups excluding carboxylic acids is 3. The number of benzene rings is 3. The van der Waals surface area contributed by atoms with Gasteiger partial charge in [0, 0.05) is 5.02 Å². The number of rotatable bonds is 7. The summed E-state index contributed by atoms with van der Waals surface area (Å²) in [7, 11) is 0. The zero-order valence-electron chi connectivity index (χ0n) is 18.8. The lowest BCUT2D eigenvalue weighted by Gasteiger charge is -2.14. The van der Waals surface area contributed by atoms with Crippen LogP contribution in [0.25, 0.3) is 6.08 Å². The smallest absolute Gasteiger partial charge is 0.343 e. The maximum Gasteiger partial charge on any atom is 0.343 e. The minimum atomic E-state index is -0.649. The standard InChI is InChI=1S/C26H18Cl2FNO5S/c1-2-34-21-12-16(11-20(28)23(21)35-25(32)17-5-7-18(27)8-6-17)13-22-24(31)30(26(33)36-22)14-15-3-9-19(29)10-4-15/h3-13H,2,14H2,1H3/b22-13-. The number of esters is 1. The lowest BCUT2D eigenvalue weighted by Crippen LogP contribution is -2.27. The van der Waals surface area contributed by atoms with Crippen molar-refractivity contribution in [3.05, 3.63) is 98.1 Å². The largest absolute Gasteiger partial charge is 0.490 e. The van der Waals surface area contributed by atoms with E-state index >= 15 is 0 Å². The van der Waals surface area contributed by atoms with Crippen LogP contribution >= 0.6 is 35.0 Å². The van der Waals surface area contributed by atoms with E-state index in [1.54, 1.807) is 25.1 Å². The topological polar surface area (TPSA) is 72.9 Å². The number of halogens is 3. The molecule has 0 bridgehead atoms. The molecule has 1 heterocycles. The average Bonchev–Trinajstić information content (AvgIpc) is 3.10. The van der Waals surface area contributed by atoms with Crippen LogP contribution in [0.5, 0.6) is 11.5 Å². The fourth-order valence-electron chi connectivity index (χ4n) is 3.33. The van der Waals surface area contributed by atoms with E-state index < -0.39 is 22.9 Å². The Hall–Kier alpha value is -3.33. The van der Waals surface area contributed by atoms with Gasteiger partial charge in [0.25, 0.3) is 11.1 Å². The second-order valence-electron chi connectivity index (χ2n) is 7.55. The molecule has 184 valence electrons. The molecule has 0 radical (unpaired) electrons. The molecular weight excluding hydrogens is 528 g/mol. The minimum Gasteiger partial charge on any atom is -0.490 e. The summed E-state index contributed by atoms with van der Waals surface area (Å²) in [6.07, 6.45) is 1.51. The van der Waals surface area contributed by atoms with Crippen molar-refractivity contribution in [1.82, 2.24) is 4.90 Å². The highest BCUT2D eigenvalue weighted by Crippen LogP contribution is 2.40. The van der Waals surface area contributed by atoms with Crippen molar-refractivity contribution in [2.24, 2.45) is 0 Å². The number of ether oxygens (including phenoxy) is 2. The zero-order chi connectivity index (χ0) is 25.8. The van der Waals surface area contributed by atoms with Crippen molar-refractivity contribution in [3.8, 4) is 11.5 Å². The van der Waals surface area contributed by atoms with E-state index in [4.69, 9.17) is 32.7 Å². The summed E-state index contributed by atoms with van der Waals surface area (Å²) in [5.41, 5.74) is 1.37. The van der Waals surface area contributed by atoms with Gasteiger partial charge < -0.3 is 9.47 Å². The molecule has 3 aromatic rings. The van der Waals surface area contributed by atoms with Crippen molar-refractivity contribution in [3.63, 3.8) is 0 Å². The summed E-state index contributed by atoms with van der Waals surface area (Å²) in [6, 6.07) is 14.8. The Kier molecular flexibility index (Phi) is 7.98. The fourth-order valence-corrected chi connectivity index (χ4v) is 4.55. The van der Waals surface area contributed by atoms with Gasteiger partial charge in [0.15, 0.2) is 11.5 Å². The molecule has 0 atom stereocenters. The predicted octanol–water partition coefficient (Wildman–Crippen LogP) is 6.99. The van der Waals surface area contributed by atoms with Crippen LogP contribution in [-0.4, -0.2) is 28.6 Å². The van der Waals surface area contributed by atoms with E-state index in [-0.39, 0.29) is 40.1 Å². The van der Waals surface area contributed by atoms with Crippen LogP contribution in [0.4, 0.5) is 9.18 Å². The van der Waals surface area contributed by atoms with Gasteiger partial charge in [0.2, 0.25) is 0 Å². The first-order chi connectivity index (χ1) is 17.2. The van der Waals surface area contributed by atoms with E-state index in [0.717, 1.165) is 16.7 Å². The molecule has 3 aromatic carbocycles. The lowest BCUT2D eigenvalue weighted by atomic mass is 10.1. The van der Waals surface area contributed by atoms with Crippen LogP contribution in [0.3, 0.4) is 0 Å². The molecular formula is C26H18Cl2FNO5S. The van der Waals surface area contributed by atoms with Crippen LogP contribution in [-0.2, 0) is 11.3 Å². The van der Waals surface area contributed by atoms with Crippen LogP contribution in [0, 0.1) is 5.82 Å². The molecule has 1 saturated heterocycles. The maximum atomic E-state index is 13.2. The second kappa shape index (κ2) is 11.2. The molecule has 4 rings (SSSR count). The SMILES string of the molecule is CCOc1cc(/C=C2\SC(=O)N(Cc3ccc(F)cc3)C2=O)cc(Cl)c1OC(=O)c1ccc(Cl)cc1. The monoisotopic (exact) mass is 545 g/mol. The predicted molar refractivity (Wildman–Crippen MR) is 137 cm³/mol. The summed E-state index contributed by atoms with van der Waals surface area (Å²) in [6.45, 7) is 2.04. The van der Waals surface area contributed by atoms with Crippen molar-refractivity contribution in [2.75, 3.05) is 6.61 Å². The molecule has 0 spiro atoms. The van der Waals surface area contributed by atoms with E-state index in [1.807, 2.05) is 0 Å². The average molecular weight is 546 g/mol. The van der Waals surface area contributed by atoms with Crippen LogP contribution in [0.15, 0.2) is 65.6 Å². The fraction of sp³-hybridized carbons (Fsp3) is 0.115. The van der Waals surface area contributed by atoms with Crippen molar-refractivity contribution >= 4 is 58.2 Å². The number of carbonyl (C=O) groups is 3. The maximum absolute atomic E-state index is 13.2. The first-order valence-corrected chi connectivity index (χ1v) is 12.3. The first kappa shape index (κ1) is 25.8. The summed E-state index contributed by atoms with van der Waals surface area (Å²) >= 11 is 13.1. The number of hydrogen-bond acceptors (Lipinski definition) is 6. The third-order valence-corrected chi connectivity index (χ3v) is 6.47. The van der Waals surface area contributed by atoms with Crippen LogP contribution in [0.2, 0.25) is 10.0 Å². The third kappa shape index (κ3) is 5.90. The Bertz CT molecular complexity index is 1360. The molecule has 0 saturated carbocycles. The number of hydrogen-bond donors (Lipinski definition) is 0. The number of nitrogens with zero attached hydrogens (tertiary/aromatic N) is 1. The van der Waals surface area contributed by atoms with E-state index in [1.165, 1.54) is 48.5 Å². The van der Waals surface area contributed by atoms with E-state index in [2.05, 4.69) is 0 Å². The first-order valence-electron chi connectivity index (χ1n) is 10.7. The summed E-state index contributed by atoms with van der Waals surface area (Å²) in [4.78, 5) is 39.2. The Labute approximate surface area is 220 Å². The van der Waals surface area contributed by atoms with E-state index in [9.17, 15) is 18.8 Å². The summed E-state index contributed by atoms with van der Waals surface area (Å²) in [5, 5.41) is 0.117. The lowest BCUT2D eigenvalue weighted by molar-refractivity contribution is -0.123. The molecule has 0 aliphatic carbocycles. The third-order valence-electron chi connectivity index (χ3n) is 5.03. The second-order valence-corrected chi connectivity index (χ2v) is 9.39. The molecule has 6 nitrogen and oxygen atoms in total. The van der Waals surface area contributed by atoms with Gasteiger partial charge in [-0.1, -0.05) is 35.3 Å². The Balaban J connectivity index is 1.57. The van der Waals surface area contributed by atoms with Gasteiger partial charge >= 0.3 is 5.97 Å². The zero-order valence-corrected chi connectivity index (χ0v) is 21.1. The highest BCUT2D eigenvalue weighted by atomic mass is 35.5. The normalized spacial score (nSPS) is 14.4. The van der Waals surface area contributed by atoms with Crippen molar-refractivity contribution in [2.45, 2.75) is 13.5 Å². The van der Waals surface area contributed by atoms with Crippen LogP contribution in [0.1, 0.15) is 28.4 Å². The molecule has 1 aliphatic rings. The van der Waals surface area contributed by atoms with Crippen molar-refractivity contribution in [1.29, 1.82) is 0 Å². The van der Waals surface area contributed by atoms with Gasteiger partial charge in [-0.3, -0.25) is 14.5 Å². The number of imide groups is 1. The Morgan fingerprint density at radius 2 is 1.75 bits per heavy atom. The van der Waals surface area contributed by atoms with Crippen molar-refractivity contribution < 1.29 is 28.2 Å². The highest BCUT2D eigenvalue weighted by molar-refractivity contribution is 8.18. The molecule has 0 unspecified atom stereocenters. The minimum absolute atomic E-state index is 0.0207. The van der Waals surface area contributed by atoms with E-state index in [0.29, 0.717) is 16.1 Å². The molecule has 0 N–H and O–H groups in total. The molecule has 1 fully saturated rings. The van der Waals surface area contributed by atoms with Gasteiger partial charge in [-0.05, 0) is 84.4 Å². The summed E-state index contributed by atoms with van der Waals surface area (Å²) < 4.78 is 24.3. The quantitative estimate of drug-likeness (QED) is 0.181. The molecule has 0 aromatic heterocycles. The molecule has 36 heavy (non-hydrogen) atoms. The van der Waals surface area contributed by atoms with Gasteiger partial charge in [-0.2, -0.15) is 0 Å². The van der Waals surface area contributed by atoms with Gasteiger partial charge in [-0.15, -0.1) is 0 Å². The number of amides is 2. The molecule has 2 amide bonds. The van der Waals surface area contributed by atoms with Gasteiger partial charge in [0.1, 0.15) is 5.82 Å². The highest BCUT2D eigenvalue weighted by Gasteiger charge is 2.35. The molecule has 10 heteroatoms. The molecule has 1 aliphatic heterocycles. The summed E-state index contributed by atoms with van der Waals surface area (Å²) in [5.74, 6) is -1.31. The van der Waals surface area contributed by atoms with Crippen LogP contribution < -0.4 is 9.47 Å². The number of thioether (sulfide) groups is 1. The van der Waals surface area contributed by atoms with Gasteiger partial charge in [-0.25, -0.2) is 9.18 Å². The Morgan fingerprint density at radius 1 is 1.06 bits per heavy atom. The van der Waals surface area contributed by atoms with Gasteiger partial charge in [0.05, 0.1) is 28.6 Å².